The Morgan fingerprint density at radius 2 is 2.43 bits per heavy atom. The van der Waals surface area contributed by atoms with E-state index in [2.05, 4.69) is 11.8 Å². The highest BCUT2D eigenvalue weighted by molar-refractivity contribution is 7.99. The highest BCUT2D eigenvalue weighted by Gasteiger charge is 2.18. The minimum Gasteiger partial charge on any atom is -0.303 e. The first-order valence-corrected chi connectivity index (χ1v) is 6.77. The molecule has 0 amide bonds. The van der Waals surface area contributed by atoms with Gasteiger partial charge in [-0.3, -0.25) is 0 Å². The van der Waals surface area contributed by atoms with Crippen molar-refractivity contribution in [1.82, 2.24) is 4.90 Å². The van der Waals surface area contributed by atoms with Crippen molar-refractivity contribution >= 4 is 18.0 Å². The van der Waals surface area contributed by atoms with Crippen molar-refractivity contribution in [2.75, 3.05) is 31.1 Å². The van der Waals surface area contributed by atoms with Crippen LogP contribution in [-0.4, -0.2) is 42.3 Å². The number of carbonyl (C=O) groups is 1. The third-order valence-electron chi connectivity index (χ3n) is 2.70. The summed E-state index contributed by atoms with van der Waals surface area (Å²) in [6, 6.07) is 0. The predicted molar refractivity (Wildman–Crippen MR) is 62.8 cm³/mol. The Labute approximate surface area is 91.4 Å². The fourth-order valence-electron chi connectivity index (χ4n) is 1.94. The van der Waals surface area contributed by atoms with E-state index in [4.69, 9.17) is 0 Å². The van der Waals surface area contributed by atoms with Gasteiger partial charge in [-0.15, -0.1) is 0 Å². The van der Waals surface area contributed by atoms with Crippen molar-refractivity contribution in [3.8, 4) is 0 Å². The molecule has 0 aromatic rings. The number of rotatable bonds is 6. The van der Waals surface area contributed by atoms with Crippen molar-refractivity contribution < 1.29 is 4.79 Å². The number of piperidine rings is 1. The number of hydrogen-bond acceptors (Lipinski definition) is 3. The molecule has 1 aliphatic heterocycles. The molecule has 1 unspecified atom stereocenters. The standard InChI is InChI=1S/C11H21NOS/c1-2-14-8-4-7-12-6-3-5-11(9-12)10-13/h10-11H,2-9H2,1H3. The molecule has 0 N–H and O–H groups in total. The topological polar surface area (TPSA) is 20.3 Å². The number of likely N-dealkylation sites (tertiary alicyclic amines) is 1. The minimum atomic E-state index is 0.308. The Bertz CT molecular complexity index is 163. The Hall–Kier alpha value is -0.0200. The summed E-state index contributed by atoms with van der Waals surface area (Å²) in [6.07, 6.45) is 4.70. The van der Waals surface area contributed by atoms with Gasteiger partial charge in [-0.2, -0.15) is 11.8 Å². The van der Waals surface area contributed by atoms with Gasteiger partial charge in [0.15, 0.2) is 0 Å². The van der Waals surface area contributed by atoms with Crippen molar-refractivity contribution in [2.24, 2.45) is 5.92 Å². The monoisotopic (exact) mass is 215 g/mol. The second kappa shape index (κ2) is 7.30. The molecule has 1 saturated heterocycles. The summed E-state index contributed by atoms with van der Waals surface area (Å²) in [5.41, 5.74) is 0. The quantitative estimate of drug-likeness (QED) is 0.499. The van der Waals surface area contributed by atoms with E-state index in [-0.39, 0.29) is 0 Å². The van der Waals surface area contributed by atoms with Gasteiger partial charge in [0, 0.05) is 12.5 Å². The lowest BCUT2D eigenvalue weighted by molar-refractivity contribution is -0.112. The maximum atomic E-state index is 10.7. The van der Waals surface area contributed by atoms with Crippen molar-refractivity contribution in [3.63, 3.8) is 0 Å². The second-order valence-corrected chi connectivity index (χ2v) is 5.28. The van der Waals surface area contributed by atoms with E-state index in [1.54, 1.807) is 0 Å². The predicted octanol–water partition coefficient (Wildman–Crippen LogP) is 2.04. The van der Waals surface area contributed by atoms with Gasteiger partial charge in [-0.05, 0) is 43.9 Å². The first kappa shape index (κ1) is 12.1. The lowest BCUT2D eigenvalue weighted by Crippen LogP contribution is -2.36. The molecule has 0 aliphatic carbocycles. The lowest BCUT2D eigenvalue weighted by atomic mass is 10.00. The van der Waals surface area contributed by atoms with E-state index in [0.717, 1.165) is 19.3 Å². The highest BCUT2D eigenvalue weighted by Crippen LogP contribution is 2.14. The summed E-state index contributed by atoms with van der Waals surface area (Å²) in [6.45, 7) is 5.58. The van der Waals surface area contributed by atoms with Gasteiger partial charge in [0.1, 0.15) is 6.29 Å². The maximum absolute atomic E-state index is 10.7. The smallest absolute Gasteiger partial charge is 0.124 e. The van der Waals surface area contributed by atoms with Gasteiger partial charge < -0.3 is 9.69 Å². The Balaban J connectivity index is 2.08. The van der Waals surface area contributed by atoms with Crippen LogP contribution in [0.4, 0.5) is 0 Å². The zero-order valence-corrected chi connectivity index (χ0v) is 9.89. The first-order chi connectivity index (χ1) is 6.86. The van der Waals surface area contributed by atoms with Crippen LogP contribution in [-0.2, 0) is 4.79 Å². The highest BCUT2D eigenvalue weighted by atomic mass is 32.2. The number of carbonyl (C=O) groups excluding carboxylic acids is 1. The lowest BCUT2D eigenvalue weighted by Gasteiger charge is -2.29. The average Bonchev–Trinajstić information content (AvgIpc) is 2.25. The minimum absolute atomic E-state index is 0.308. The third kappa shape index (κ3) is 4.47. The van der Waals surface area contributed by atoms with E-state index in [1.807, 2.05) is 11.8 Å². The van der Waals surface area contributed by atoms with Crippen molar-refractivity contribution in [1.29, 1.82) is 0 Å². The van der Waals surface area contributed by atoms with Crippen LogP contribution in [0, 0.1) is 5.92 Å². The molecule has 1 atom stereocenters. The van der Waals surface area contributed by atoms with Crippen LogP contribution < -0.4 is 0 Å². The molecular weight excluding hydrogens is 194 g/mol. The molecule has 1 heterocycles. The number of thioether (sulfide) groups is 1. The molecule has 1 rings (SSSR count). The van der Waals surface area contributed by atoms with Crippen LogP contribution in [0.25, 0.3) is 0 Å². The Morgan fingerprint density at radius 1 is 1.57 bits per heavy atom. The molecule has 0 saturated carbocycles. The van der Waals surface area contributed by atoms with Gasteiger partial charge in [-0.1, -0.05) is 6.92 Å². The molecular formula is C11H21NOS. The normalized spacial score (nSPS) is 23.6. The number of nitrogens with zero attached hydrogens (tertiary/aromatic N) is 1. The molecule has 0 bridgehead atoms. The molecule has 82 valence electrons. The summed E-state index contributed by atoms with van der Waals surface area (Å²) in [5, 5.41) is 0. The molecule has 0 aromatic carbocycles. The maximum Gasteiger partial charge on any atom is 0.124 e. The third-order valence-corrected chi connectivity index (χ3v) is 3.69. The van der Waals surface area contributed by atoms with Crippen LogP contribution in [0.5, 0.6) is 0 Å². The number of hydrogen-bond donors (Lipinski definition) is 0. The van der Waals surface area contributed by atoms with Gasteiger partial charge >= 0.3 is 0 Å². The van der Waals surface area contributed by atoms with E-state index in [0.29, 0.717) is 5.92 Å². The summed E-state index contributed by atoms with van der Waals surface area (Å²) in [5.74, 6) is 2.79. The zero-order chi connectivity index (χ0) is 10.2. The summed E-state index contributed by atoms with van der Waals surface area (Å²) in [4.78, 5) is 13.1. The van der Waals surface area contributed by atoms with E-state index in [9.17, 15) is 4.79 Å². The fraction of sp³-hybridized carbons (Fsp3) is 0.909. The van der Waals surface area contributed by atoms with Gasteiger partial charge in [0.2, 0.25) is 0 Å². The number of aldehydes is 1. The molecule has 1 fully saturated rings. The second-order valence-electron chi connectivity index (χ2n) is 3.89. The zero-order valence-electron chi connectivity index (χ0n) is 9.08. The molecule has 1 aliphatic rings. The average molecular weight is 215 g/mol. The molecule has 0 spiro atoms. The van der Waals surface area contributed by atoms with Crippen LogP contribution in [0.3, 0.4) is 0 Å². The Kier molecular flexibility index (Phi) is 6.28. The van der Waals surface area contributed by atoms with Crippen LogP contribution in [0.15, 0.2) is 0 Å². The summed E-state index contributed by atoms with van der Waals surface area (Å²) >= 11 is 2.01. The summed E-state index contributed by atoms with van der Waals surface area (Å²) < 4.78 is 0. The van der Waals surface area contributed by atoms with E-state index < -0.39 is 0 Å². The molecule has 14 heavy (non-hydrogen) atoms. The first-order valence-electron chi connectivity index (χ1n) is 5.62. The SMILES string of the molecule is CCSCCCN1CCCC(C=O)C1. The fourth-order valence-corrected chi connectivity index (χ4v) is 2.56. The molecule has 3 heteroatoms. The van der Waals surface area contributed by atoms with Crippen molar-refractivity contribution in [3.05, 3.63) is 0 Å². The molecule has 0 radical (unpaired) electrons. The molecule has 0 aromatic heterocycles. The van der Waals surface area contributed by atoms with Crippen LogP contribution in [0.1, 0.15) is 26.2 Å². The van der Waals surface area contributed by atoms with Gasteiger partial charge in [0.25, 0.3) is 0 Å². The Morgan fingerprint density at radius 3 is 3.14 bits per heavy atom. The summed E-state index contributed by atoms with van der Waals surface area (Å²) in [7, 11) is 0. The van der Waals surface area contributed by atoms with Gasteiger partial charge in [0.05, 0.1) is 0 Å². The van der Waals surface area contributed by atoms with E-state index >= 15 is 0 Å². The van der Waals surface area contributed by atoms with Crippen LogP contribution in [0.2, 0.25) is 0 Å². The molecule has 2 nitrogen and oxygen atoms in total. The van der Waals surface area contributed by atoms with E-state index in [1.165, 1.54) is 37.4 Å². The van der Waals surface area contributed by atoms with Gasteiger partial charge in [-0.25, -0.2) is 0 Å². The van der Waals surface area contributed by atoms with Crippen molar-refractivity contribution in [2.45, 2.75) is 26.2 Å². The van der Waals surface area contributed by atoms with Crippen LogP contribution >= 0.6 is 11.8 Å². The largest absolute Gasteiger partial charge is 0.303 e.